The minimum absolute atomic E-state index is 0.0665. The molecule has 1 aromatic carbocycles. The Morgan fingerprint density at radius 2 is 1.96 bits per heavy atom. The first-order chi connectivity index (χ1) is 10.7. The van der Waals surface area contributed by atoms with Crippen LogP contribution in [0.15, 0.2) is 30.3 Å². The number of nitrogens with one attached hydrogen (secondary N) is 1. The van der Waals surface area contributed by atoms with Gasteiger partial charge in [0.25, 0.3) is 0 Å². The smallest absolute Gasteiger partial charge is 0.408 e. The summed E-state index contributed by atoms with van der Waals surface area (Å²) >= 11 is 0. The van der Waals surface area contributed by atoms with Crippen LogP contribution >= 0.6 is 0 Å². The fraction of sp³-hybridized carbons (Fsp3) is 0.471. The summed E-state index contributed by atoms with van der Waals surface area (Å²) in [6, 6.07) is 10.1. The molecule has 0 aromatic heterocycles. The number of carboxylic acid groups (broad SMARTS) is 1. The van der Waals surface area contributed by atoms with Gasteiger partial charge in [0.05, 0.1) is 11.5 Å². The predicted octanol–water partition coefficient (Wildman–Crippen LogP) is 2.94. The SMILES string of the molecule is CC(CC(C)(C)C#N)C(NC(=O)OCc1ccccc1)C(=O)O. The third-order valence-corrected chi connectivity index (χ3v) is 3.46. The first-order valence-corrected chi connectivity index (χ1v) is 7.36. The van der Waals surface area contributed by atoms with Crippen LogP contribution in [0.4, 0.5) is 4.79 Å². The Balaban J connectivity index is 2.60. The quantitative estimate of drug-likeness (QED) is 0.805. The van der Waals surface area contributed by atoms with Crippen molar-refractivity contribution in [1.82, 2.24) is 5.32 Å². The fourth-order valence-corrected chi connectivity index (χ4v) is 2.31. The fourth-order valence-electron chi connectivity index (χ4n) is 2.31. The summed E-state index contributed by atoms with van der Waals surface area (Å²) in [5.74, 6) is -1.56. The van der Waals surface area contributed by atoms with Crippen molar-refractivity contribution in [2.75, 3.05) is 0 Å². The zero-order valence-corrected chi connectivity index (χ0v) is 13.6. The highest BCUT2D eigenvalue weighted by molar-refractivity contribution is 5.80. The summed E-state index contributed by atoms with van der Waals surface area (Å²) in [5, 5.41) is 20.7. The van der Waals surface area contributed by atoms with Crippen LogP contribution in [0.2, 0.25) is 0 Å². The summed E-state index contributed by atoms with van der Waals surface area (Å²) in [4.78, 5) is 23.2. The molecular weight excluding hydrogens is 296 g/mol. The molecule has 0 aliphatic carbocycles. The van der Waals surface area contributed by atoms with E-state index in [9.17, 15) is 14.7 Å². The van der Waals surface area contributed by atoms with Crippen LogP contribution in [0.1, 0.15) is 32.8 Å². The summed E-state index contributed by atoms with van der Waals surface area (Å²) in [7, 11) is 0. The van der Waals surface area contributed by atoms with Crippen molar-refractivity contribution in [3.05, 3.63) is 35.9 Å². The minimum atomic E-state index is -1.15. The Hall–Kier alpha value is -2.55. The Morgan fingerprint density at radius 1 is 1.35 bits per heavy atom. The molecule has 2 N–H and O–H groups in total. The third-order valence-electron chi connectivity index (χ3n) is 3.46. The molecular formula is C17H22N2O4. The van der Waals surface area contributed by atoms with Crippen LogP contribution in [-0.4, -0.2) is 23.2 Å². The molecule has 6 heteroatoms. The van der Waals surface area contributed by atoms with Gasteiger partial charge in [0, 0.05) is 0 Å². The number of hydrogen-bond acceptors (Lipinski definition) is 4. The molecule has 2 atom stereocenters. The first-order valence-electron chi connectivity index (χ1n) is 7.36. The first kappa shape index (κ1) is 18.5. The van der Waals surface area contributed by atoms with Gasteiger partial charge in [-0.2, -0.15) is 5.26 Å². The molecule has 0 saturated heterocycles. The zero-order chi connectivity index (χ0) is 17.5. The Kier molecular flexibility index (Phi) is 6.58. The molecule has 1 rings (SSSR count). The summed E-state index contributed by atoms with van der Waals surface area (Å²) in [5.41, 5.74) is 0.149. The lowest BCUT2D eigenvalue weighted by Crippen LogP contribution is -2.46. The van der Waals surface area contributed by atoms with E-state index in [1.165, 1.54) is 0 Å². The van der Waals surface area contributed by atoms with Crippen LogP contribution in [0, 0.1) is 22.7 Å². The maximum Gasteiger partial charge on any atom is 0.408 e. The van der Waals surface area contributed by atoms with Gasteiger partial charge in [-0.15, -0.1) is 0 Å². The second-order valence-corrected chi connectivity index (χ2v) is 6.20. The molecule has 124 valence electrons. The monoisotopic (exact) mass is 318 g/mol. The van der Waals surface area contributed by atoms with Crippen molar-refractivity contribution >= 4 is 12.1 Å². The lowest BCUT2D eigenvalue weighted by atomic mass is 9.82. The minimum Gasteiger partial charge on any atom is -0.480 e. The maximum atomic E-state index is 11.8. The van der Waals surface area contributed by atoms with Crippen molar-refractivity contribution in [2.24, 2.45) is 11.3 Å². The molecule has 6 nitrogen and oxygen atoms in total. The molecule has 23 heavy (non-hydrogen) atoms. The number of rotatable bonds is 7. The van der Waals surface area contributed by atoms with Gasteiger partial charge >= 0.3 is 12.1 Å². The lowest BCUT2D eigenvalue weighted by Gasteiger charge is -2.26. The second-order valence-electron chi connectivity index (χ2n) is 6.20. The van der Waals surface area contributed by atoms with Gasteiger partial charge in [0.1, 0.15) is 12.6 Å². The number of carbonyl (C=O) groups excluding carboxylic acids is 1. The van der Waals surface area contributed by atoms with Crippen LogP contribution < -0.4 is 5.32 Å². The average molecular weight is 318 g/mol. The molecule has 0 radical (unpaired) electrons. The number of carbonyl (C=O) groups is 2. The molecule has 0 saturated carbocycles. The van der Waals surface area contributed by atoms with Crippen LogP contribution in [0.3, 0.4) is 0 Å². The van der Waals surface area contributed by atoms with E-state index in [0.29, 0.717) is 6.42 Å². The van der Waals surface area contributed by atoms with Gasteiger partial charge in [-0.1, -0.05) is 37.3 Å². The van der Waals surface area contributed by atoms with E-state index in [-0.39, 0.29) is 6.61 Å². The maximum absolute atomic E-state index is 11.8. The number of carboxylic acids is 1. The molecule has 0 bridgehead atoms. The molecule has 0 fully saturated rings. The van der Waals surface area contributed by atoms with Crippen molar-refractivity contribution in [1.29, 1.82) is 5.26 Å². The van der Waals surface area contributed by atoms with Gasteiger partial charge in [-0.25, -0.2) is 9.59 Å². The molecule has 2 unspecified atom stereocenters. The van der Waals surface area contributed by atoms with Crippen molar-refractivity contribution in [3.8, 4) is 6.07 Å². The Labute approximate surface area is 136 Å². The van der Waals surface area contributed by atoms with Crippen LogP contribution in [0.5, 0.6) is 0 Å². The standard InChI is InChI=1S/C17H22N2O4/c1-12(9-17(2,3)11-18)14(15(20)21)19-16(22)23-10-13-7-5-4-6-8-13/h4-8,12,14H,9-10H2,1-3H3,(H,19,22)(H,20,21). The van der Waals surface area contributed by atoms with Crippen LogP contribution in [-0.2, 0) is 16.1 Å². The van der Waals surface area contributed by atoms with Gasteiger partial charge in [-0.05, 0) is 31.7 Å². The van der Waals surface area contributed by atoms with E-state index < -0.39 is 29.4 Å². The Morgan fingerprint density at radius 3 is 2.48 bits per heavy atom. The number of hydrogen-bond donors (Lipinski definition) is 2. The van der Waals surface area contributed by atoms with Gasteiger partial charge < -0.3 is 15.2 Å². The normalized spacial score (nSPS) is 13.5. The second kappa shape index (κ2) is 8.18. The van der Waals surface area contributed by atoms with E-state index in [2.05, 4.69) is 11.4 Å². The largest absolute Gasteiger partial charge is 0.480 e. The highest BCUT2D eigenvalue weighted by Crippen LogP contribution is 2.26. The van der Waals surface area contributed by atoms with Gasteiger partial charge in [-0.3, -0.25) is 0 Å². The highest BCUT2D eigenvalue weighted by Gasteiger charge is 2.31. The molecule has 1 aromatic rings. The molecule has 0 aliphatic heterocycles. The van der Waals surface area contributed by atoms with E-state index in [1.807, 2.05) is 18.2 Å². The van der Waals surface area contributed by atoms with Gasteiger partial charge in [0.2, 0.25) is 0 Å². The van der Waals surface area contributed by atoms with E-state index in [0.717, 1.165) is 5.56 Å². The van der Waals surface area contributed by atoms with E-state index in [4.69, 9.17) is 10.00 Å². The number of alkyl carbamates (subject to hydrolysis) is 1. The Bertz CT molecular complexity index is 578. The number of benzene rings is 1. The number of nitriles is 1. The number of ether oxygens (including phenoxy) is 1. The van der Waals surface area contributed by atoms with E-state index >= 15 is 0 Å². The summed E-state index contributed by atoms with van der Waals surface area (Å²) < 4.78 is 5.04. The zero-order valence-electron chi connectivity index (χ0n) is 13.6. The predicted molar refractivity (Wildman–Crippen MR) is 84.4 cm³/mol. The topological polar surface area (TPSA) is 99.4 Å². The van der Waals surface area contributed by atoms with Gasteiger partial charge in [0.15, 0.2) is 0 Å². The van der Waals surface area contributed by atoms with E-state index in [1.54, 1.807) is 32.9 Å². The number of aliphatic carboxylic acids is 1. The molecule has 1 amide bonds. The molecule has 0 spiro atoms. The van der Waals surface area contributed by atoms with Crippen molar-refractivity contribution in [2.45, 2.75) is 39.8 Å². The van der Waals surface area contributed by atoms with Crippen molar-refractivity contribution in [3.63, 3.8) is 0 Å². The van der Waals surface area contributed by atoms with Crippen LogP contribution in [0.25, 0.3) is 0 Å². The summed E-state index contributed by atoms with van der Waals surface area (Å²) in [6.45, 7) is 5.22. The number of amides is 1. The molecule has 0 aliphatic rings. The highest BCUT2D eigenvalue weighted by atomic mass is 16.5. The lowest BCUT2D eigenvalue weighted by molar-refractivity contribution is -0.140. The third kappa shape index (κ3) is 6.39. The number of nitrogens with zero attached hydrogens (tertiary/aromatic N) is 1. The van der Waals surface area contributed by atoms with Crippen molar-refractivity contribution < 1.29 is 19.4 Å². The molecule has 0 heterocycles. The summed E-state index contributed by atoms with van der Waals surface area (Å²) in [6.07, 6.45) is -0.442. The average Bonchev–Trinajstić information content (AvgIpc) is 2.50.